The highest BCUT2D eigenvalue weighted by atomic mass is 32.2. The maximum atomic E-state index is 13.7. The van der Waals surface area contributed by atoms with Crippen molar-refractivity contribution in [2.45, 2.75) is 112 Å². The maximum Gasteiger partial charge on any atom is 0.407 e. The third-order valence-electron chi connectivity index (χ3n) is 12.4. The maximum absolute atomic E-state index is 13.7. The summed E-state index contributed by atoms with van der Waals surface area (Å²) in [7, 11) is 0. The molecule has 2 heterocycles. The van der Waals surface area contributed by atoms with Gasteiger partial charge in [0.2, 0.25) is 0 Å². The largest absolute Gasteiger partial charge is 0.449 e. The number of hydrogen-bond acceptors (Lipinski definition) is 10. The van der Waals surface area contributed by atoms with Gasteiger partial charge in [-0.1, -0.05) is 136 Å². The number of imide groups is 1. The Kier molecular flexibility index (Phi) is 16.2. The van der Waals surface area contributed by atoms with E-state index in [-0.39, 0.29) is 44.2 Å². The van der Waals surface area contributed by atoms with Crippen LogP contribution in [0.4, 0.5) is 4.79 Å². The molecule has 0 saturated carbocycles. The van der Waals surface area contributed by atoms with E-state index in [1.54, 1.807) is 6.07 Å². The highest BCUT2D eigenvalue weighted by Gasteiger charge is 2.54. The third kappa shape index (κ3) is 10.7. The lowest BCUT2D eigenvalue weighted by Crippen LogP contribution is -2.49. The molecule has 3 aliphatic rings. The van der Waals surface area contributed by atoms with Gasteiger partial charge >= 0.3 is 12.1 Å². The van der Waals surface area contributed by atoms with E-state index in [1.807, 2.05) is 121 Å². The van der Waals surface area contributed by atoms with Gasteiger partial charge in [0.1, 0.15) is 18.2 Å². The van der Waals surface area contributed by atoms with Gasteiger partial charge in [0.15, 0.2) is 0 Å². The molecule has 7 rings (SSSR count). The van der Waals surface area contributed by atoms with Crippen molar-refractivity contribution in [3.05, 3.63) is 131 Å². The zero-order chi connectivity index (χ0) is 44.9. The van der Waals surface area contributed by atoms with Crippen LogP contribution in [0.2, 0.25) is 0 Å². The minimum atomic E-state index is -1.36. The first-order valence-electron chi connectivity index (χ1n) is 22.8. The van der Waals surface area contributed by atoms with Crippen molar-refractivity contribution in [1.29, 1.82) is 0 Å². The molecular formula is C51H59N3O8S2. The van der Waals surface area contributed by atoms with Crippen LogP contribution in [0.5, 0.6) is 0 Å². The summed E-state index contributed by atoms with van der Waals surface area (Å²) in [5.41, 5.74) is 4.76. The summed E-state index contributed by atoms with van der Waals surface area (Å²) in [6.07, 6.45) is 8.78. The van der Waals surface area contributed by atoms with E-state index in [0.717, 1.165) is 65.0 Å². The molecule has 3 N–H and O–H groups in total. The van der Waals surface area contributed by atoms with E-state index in [2.05, 4.69) is 17.6 Å². The van der Waals surface area contributed by atoms with Crippen LogP contribution >= 0.6 is 23.5 Å². The molecule has 1 aliphatic carbocycles. The average molecular weight is 906 g/mol. The molecule has 4 aromatic rings. The quantitative estimate of drug-likeness (QED) is 0.0545. The Balaban J connectivity index is 0.987. The Hall–Kier alpha value is -5.11. The number of benzene rings is 4. The zero-order valence-corrected chi connectivity index (χ0v) is 38.2. The van der Waals surface area contributed by atoms with E-state index >= 15 is 0 Å². The van der Waals surface area contributed by atoms with Crippen LogP contribution in [-0.2, 0) is 29.6 Å². The summed E-state index contributed by atoms with van der Waals surface area (Å²) >= 11 is 3.68. The zero-order valence-electron chi connectivity index (χ0n) is 36.6. The lowest BCUT2D eigenvalue weighted by molar-refractivity contribution is -0.199. The molecule has 2 aliphatic heterocycles. The summed E-state index contributed by atoms with van der Waals surface area (Å²) in [5, 5.41) is 19.2. The minimum Gasteiger partial charge on any atom is -0.449 e. The van der Waals surface area contributed by atoms with Crippen molar-refractivity contribution in [3.8, 4) is 11.1 Å². The summed E-state index contributed by atoms with van der Waals surface area (Å²) < 4.78 is 5.17. The molecule has 11 nitrogen and oxygen atoms in total. The number of thioether (sulfide) groups is 2. The van der Waals surface area contributed by atoms with Crippen LogP contribution < -0.4 is 10.6 Å². The van der Waals surface area contributed by atoms with Crippen LogP contribution in [0.1, 0.15) is 129 Å². The van der Waals surface area contributed by atoms with Gasteiger partial charge in [-0.2, -0.15) is 0 Å². The van der Waals surface area contributed by atoms with Crippen LogP contribution in [0, 0.1) is 0 Å². The summed E-state index contributed by atoms with van der Waals surface area (Å²) in [4.78, 5) is 70.2. The molecule has 4 aromatic carbocycles. The Labute approximate surface area is 384 Å². The Morgan fingerprint density at radius 3 is 2.09 bits per heavy atom. The second-order valence-electron chi connectivity index (χ2n) is 16.7. The summed E-state index contributed by atoms with van der Waals surface area (Å²) in [5.74, 6) is -0.819. The first-order valence-corrected chi connectivity index (χ1v) is 24.8. The Morgan fingerprint density at radius 2 is 1.41 bits per heavy atom. The number of fused-ring (bicyclic) bond motifs is 3. The summed E-state index contributed by atoms with van der Waals surface area (Å²) in [6, 6.07) is 31.8. The molecule has 64 heavy (non-hydrogen) atoms. The number of unbranched alkanes of at least 4 members (excludes halogenated alkanes) is 6. The van der Waals surface area contributed by atoms with Crippen molar-refractivity contribution in [2.75, 3.05) is 24.7 Å². The van der Waals surface area contributed by atoms with Crippen LogP contribution in [0.3, 0.4) is 0 Å². The summed E-state index contributed by atoms with van der Waals surface area (Å²) in [6.45, 7) is 2.51. The van der Waals surface area contributed by atoms with Crippen LogP contribution in [0.15, 0.2) is 103 Å². The van der Waals surface area contributed by atoms with Gasteiger partial charge in [-0.3, -0.25) is 14.4 Å². The van der Waals surface area contributed by atoms with Gasteiger partial charge in [0, 0.05) is 30.9 Å². The number of alkyl carbamates (subject to hydrolysis) is 1. The topological polar surface area (TPSA) is 151 Å². The van der Waals surface area contributed by atoms with Crippen molar-refractivity contribution < 1.29 is 38.7 Å². The van der Waals surface area contributed by atoms with Gasteiger partial charge in [-0.15, -0.1) is 28.6 Å². The molecular weight excluding hydrogens is 847 g/mol. The number of hydrogen-bond donors (Lipinski definition) is 3. The standard InChI is InChI=1S/C51H59N3O8S2/c1-2-3-4-5-6-15-30-50(63-32-18-33-64-50)51(60,37-20-8-7-9-21-37)38-22-17-19-36(34-38)47(57)52-31-16-14-27-44(48(58)62-54-45(55)28-29-46(54)56)53-49(59)61-35-43-41-25-12-10-23-39(41)40-24-11-13-26-42(40)43/h7-13,17,19-26,34,43-44,60H,2-6,14-16,18,27-33,35H2,1H3,(H,52,57)(H,53,59)/t44-,51?/m0/s1. The highest BCUT2D eigenvalue weighted by Crippen LogP contribution is 2.59. The number of amides is 4. The normalized spacial score (nSPS) is 16.9. The van der Waals surface area contributed by atoms with Crippen molar-refractivity contribution in [1.82, 2.24) is 15.7 Å². The lowest BCUT2D eigenvalue weighted by Gasteiger charge is -2.49. The highest BCUT2D eigenvalue weighted by molar-refractivity contribution is 8.18. The fraction of sp³-hybridized carbons (Fsp3) is 0.431. The smallest absolute Gasteiger partial charge is 0.407 e. The molecule has 0 radical (unpaired) electrons. The van der Waals surface area contributed by atoms with E-state index < -0.39 is 39.6 Å². The van der Waals surface area contributed by atoms with Gasteiger partial charge in [0.05, 0.1) is 4.08 Å². The molecule has 338 valence electrons. The molecule has 2 atom stereocenters. The molecule has 0 aromatic heterocycles. The number of nitrogens with one attached hydrogen (secondary N) is 2. The number of nitrogens with zero attached hydrogens (tertiary/aromatic N) is 1. The monoisotopic (exact) mass is 905 g/mol. The third-order valence-corrected chi connectivity index (χ3v) is 16.0. The Bertz CT molecular complexity index is 2210. The molecule has 13 heteroatoms. The van der Waals surface area contributed by atoms with E-state index in [0.29, 0.717) is 29.0 Å². The van der Waals surface area contributed by atoms with Crippen LogP contribution in [-0.4, -0.2) is 74.7 Å². The van der Waals surface area contributed by atoms with E-state index in [4.69, 9.17) is 9.57 Å². The average Bonchev–Trinajstić information content (AvgIpc) is 3.82. The molecule has 2 saturated heterocycles. The molecule has 2 fully saturated rings. The second-order valence-corrected chi connectivity index (χ2v) is 19.8. The van der Waals surface area contributed by atoms with Gasteiger partial charge in [0.25, 0.3) is 17.7 Å². The predicted molar refractivity (Wildman–Crippen MR) is 251 cm³/mol. The first-order chi connectivity index (χ1) is 31.1. The molecule has 0 bridgehead atoms. The number of aliphatic hydroxyl groups is 1. The number of ether oxygens (including phenoxy) is 1. The van der Waals surface area contributed by atoms with Crippen LogP contribution in [0.25, 0.3) is 11.1 Å². The molecule has 1 unspecified atom stereocenters. The number of hydroxylamine groups is 2. The second kappa shape index (κ2) is 22.2. The molecule has 4 amide bonds. The number of carbonyl (C=O) groups is 5. The number of rotatable bonds is 21. The van der Waals surface area contributed by atoms with Gasteiger partial charge in [-0.05, 0) is 89.1 Å². The van der Waals surface area contributed by atoms with Crippen molar-refractivity contribution in [3.63, 3.8) is 0 Å². The van der Waals surface area contributed by atoms with Crippen molar-refractivity contribution in [2.24, 2.45) is 0 Å². The number of carbonyl (C=O) groups excluding carboxylic acids is 5. The lowest BCUT2D eigenvalue weighted by atomic mass is 9.80. The first kappa shape index (κ1) is 46.9. The van der Waals surface area contributed by atoms with Gasteiger partial charge < -0.3 is 25.3 Å². The fourth-order valence-electron chi connectivity index (χ4n) is 9.04. The molecule has 0 spiro atoms. The minimum absolute atomic E-state index is 0.0263. The van der Waals surface area contributed by atoms with Crippen molar-refractivity contribution >= 4 is 53.3 Å². The Morgan fingerprint density at radius 1 is 0.781 bits per heavy atom. The van der Waals surface area contributed by atoms with Gasteiger partial charge in [-0.25, -0.2) is 9.59 Å². The predicted octanol–water partition coefficient (Wildman–Crippen LogP) is 9.65. The van der Waals surface area contributed by atoms with E-state index in [9.17, 15) is 29.1 Å². The fourth-order valence-corrected chi connectivity index (χ4v) is 12.8. The van der Waals surface area contributed by atoms with E-state index in [1.165, 1.54) is 25.7 Å². The SMILES string of the molecule is CCCCCCCCC1(C(O)(c2ccccc2)c2cccc(C(=O)NCCCC[C@H](NC(=O)OCC3c4ccccc4-c4ccccc43)C(=O)ON3C(=O)CCC3=O)c2)SCCCS1.